The van der Waals surface area contributed by atoms with E-state index in [1.54, 1.807) is 14.0 Å². The minimum atomic E-state index is -1.17. The molecule has 1 saturated heterocycles. The second kappa shape index (κ2) is 20.1. The minimum absolute atomic E-state index is 0.0950. The molecule has 5 rings (SSSR count). The van der Waals surface area contributed by atoms with E-state index in [1.807, 2.05) is 13.8 Å². The van der Waals surface area contributed by atoms with Crippen molar-refractivity contribution in [3.8, 4) is 0 Å². The summed E-state index contributed by atoms with van der Waals surface area (Å²) in [6.45, 7) is 5.21. The lowest BCUT2D eigenvalue weighted by atomic mass is 9.51. The van der Waals surface area contributed by atoms with Crippen molar-refractivity contribution in [3.63, 3.8) is 0 Å². The predicted molar refractivity (Wildman–Crippen MR) is 209 cm³/mol. The molecule has 5 amide bonds. The first-order chi connectivity index (χ1) is 26.3. The Kier molecular flexibility index (Phi) is 15.8. The monoisotopic (exact) mass is 774 g/mol. The van der Waals surface area contributed by atoms with E-state index in [9.17, 15) is 24.0 Å². The zero-order valence-corrected chi connectivity index (χ0v) is 34.0. The number of likely N-dealkylation sites (N-methyl/N-ethyl adjacent to an activating group) is 1. The number of amides is 5. The molecule has 4 aliphatic carbocycles. The van der Waals surface area contributed by atoms with Crippen LogP contribution in [0.5, 0.6) is 0 Å². The van der Waals surface area contributed by atoms with Crippen molar-refractivity contribution < 1.29 is 33.4 Å². The Bertz CT molecular complexity index is 1310. The molecule has 5 fully saturated rings. The molecule has 0 aromatic carbocycles. The van der Waals surface area contributed by atoms with Crippen LogP contribution in [0.1, 0.15) is 136 Å². The van der Waals surface area contributed by atoms with Crippen molar-refractivity contribution in [1.82, 2.24) is 26.2 Å². The van der Waals surface area contributed by atoms with Gasteiger partial charge in [-0.25, -0.2) is 0 Å². The van der Waals surface area contributed by atoms with Gasteiger partial charge in [-0.3, -0.25) is 24.0 Å². The van der Waals surface area contributed by atoms with E-state index in [4.69, 9.17) is 20.9 Å². The van der Waals surface area contributed by atoms with Crippen molar-refractivity contribution in [2.75, 3.05) is 20.2 Å². The van der Waals surface area contributed by atoms with E-state index in [0.717, 1.165) is 77.0 Å². The van der Waals surface area contributed by atoms with Crippen molar-refractivity contribution in [1.29, 1.82) is 0 Å². The van der Waals surface area contributed by atoms with Crippen LogP contribution >= 0.6 is 0 Å². The Hall–Kier alpha value is -2.81. The van der Waals surface area contributed by atoms with Gasteiger partial charge in [-0.15, -0.1) is 0 Å². The van der Waals surface area contributed by atoms with E-state index in [2.05, 4.69) is 21.3 Å². The van der Waals surface area contributed by atoms with E-state index in [-0.39, 0.29) is 37.1 Å². The number of carbonyl (C=O) groups is 5. The SMILES string of the molecule is CCC[C@H]1C(=O)N[C@@H](C2CCCCCC2)C(=O)N[C@@H](CN)C(=O)N[C@@H](COC2CCC(N)CC2)C(=O)N[C@H](C)O[C@H](CC2CC3(CCC3)C2)[C@@H](C)C(=O)N1C. The van der Waals surface area contributed by atoms with Crippen molar-refractivity contribution in [2.24, 2.45) is 34.6 Å². The first-order valence-electron chi connectivity index (χ1n) is 21.5. The molecule has 4 saturated carbocycles. The largest absolute Gasteiger partial charge is 0.376 e. The van der Waals surface area contributed by atoms with Crippen LogP contribution in [0, 0.1) is 23.2 Å². The highest BCUT2D eigenvalue weighted by Crippen LogP contribution is 2.60. The first kappa shape index (κ1) is 43.3. The molecule has 0 radical (unpaired) electrons. The molecule has 1 aliphatic heterocycles. The van der Waals surface area contributed by atoms with Gasteiger partial charge in [0.25, 0.3) is 0 Å². The van der Waals surface area contributed by atoms with Crippen molar-refractivity contribution in [3.05, 3.63) is 0 Å². The van der Waals surface area contributed by atoms with Gasteiger partial charge in [-0.05, 0) is 101 Å². The summed E-state index contributed by atoms with van der Waals surface area (Å²) >= 11 is 0. The lowest BCUT2D eigenvalue weighted by Crippen LogP contribution is -2.62. The molecular weight excluding hydrogens is 702 g/mol. The van der Waals surface area contributed by atoms with Gasteiger partial charge in [0, 0.05) is 19.6 Å². The topological polar surface area (TPSA) is 207 Å². The maximum absolute atomic E-state index is 14.4. The second-order valence-electron chi connectivity index (χ2n) is 17.7. The average Bonchev–Trinajstić information content (AvgIpc) is 3.42. The summed E-state index contributed by atoms with van der Waals surface area (Å²) in [4.78, 5) is 72.1. The maximum Gasteiger partial charge on any atom is 0.246 e. The summed E-state index contributed by atoms with van der Waals surface area (Å²) in [7, 11) is 1.66. The molecule has 1 heterocycles. The Labute approximate surface area is 328 Å². The molecule has 14 heteroatoms. The van der Waals surface area contributed by atoms with Crippen LogP contribution in [0.25, 0.3) is 0 Å². The van der Waals surface area contributed by atoms with Crippen LogP contribution in [0.4, 0.5) is 0 Å². The zero-order valence-electron chi connectivity index (χ0n) is 34.0. The third-order valence-corrected chi connectivity index (χ3v) is 13.4. The minimum Gasteiger partial charge on any atom is -0.376 e. The highest BCUT2D eigenvalue weighted by Gasteiger charge is 2.49. The summed E-state index contributed by atoms with van der Waals surface area (Å²) in [5, 5.41) is 11.6. The van der Waals surface area contributed by atoms with Gasteiger partial charge in [-0.2, -0.15) is 0 Å². The molecular formula is C41H71N7O7. The number of hydrogen-bond donors (Lipinski definition) is 6. The molecule has 0 aromatic rings. The number of nitrogens with two attached hydrogens (primary N) is 2. The molecule has 0 bridgehead atoms. The fourth-order valence-corrected chi connectivity index (χ4v) is 9.85. The van der Waals surface area contributed by atoms with Crippen molar-refractivity contribution >= 4 is 29.5 Å². The summed E-state index contributed by atoms with van der Waals surface area (Å²) in [6, 6.07) is -3.90. The quantitative estimate of drug-likeness (QED) is 0.190. The Morgan fingerprint density at radius 1 is 0.800 bits per heavy atom. The van der Waals surface area contributed by atoms with Crippen LogP contribution in [-0.4, -0.2) is 103 Å². The molecule has 0 aromatic heterocycles. The molecule has 14 nitrogen and oxygen atoms in total. The third kappa shape index (κ3) is 11.4. The van der Waals surface area contributed by atoms with E-state index in [1.165, 1.54) is 24.2 Å². The summed E-state index contributed by atoms with van der Waals surface area (Å²) in [5.74, 6) is -2.62. The number of nitrogens with zero attached hydrogens (tertiary/aromatic N) is 1. The van der Waals surface area contributed by atoms with Gasteiger partial charge in [0.15, 0.2) is 0 Å². The predicted octanol–water partition coefficient (Wildman–Crippen LogP) is 2.75. The first-order valence-corrected chi connectivity index (χ1v) is 21.5. The number of rotatable bonds is 9. The lowest BCUT2D eigenvalue weighted by molar-refractivity contribution is -0.152. The maximum atomic E-state index is 14.4. The van der Waals surface area contributed by atoms with Gasteiger partial charge in [0.2, 0.25) is 29.5 Å². The molecule has 1 spiro atoms. The number of hydrogen-bond acceptors (Lipinski definition) is 9. The summed E-state index contributed by atoms with van der Waals surface area (Å²) < 4.78 is 12.8. The second-order valence-corrected chi connectivity index (χ2v) is 17.7. The molecule has 312 valence electrons. The van der Waals surface area contributed by atoms with Crippen molar-refractivity contribution in [2.45, 2.75) is 185 Å². The van der Waals surface area contributed by atoms with Crippen LogP contribution < -0.4 is 32.7 Å². The normalized spacial score (nSPS) is 35.3. The van der Waals surface area contributed by atoms with Gasteiger partial charge < -0.3 is 47.1 Å². The molecule has 0 unspecified atom stereocenters. The number of carbonyl (C=O) groups excluding carboxylic acids is 5. The Morgan fingerprint density at radius 2 is 1.44 bits per heavy atom. The van der Waals surface area contributed by atoms with Crippen LogP contribution in [-0.2, 0) is 33.4 Å². The zero-order chi connectivity index (χ0) is 39.7. The standard InChI is InChI=1S/C41H71N7O7/c1-5-11-33-38(51)47-35(28-12-8-6-7-9-13-28)39(52)45-31(23-42)36(49)46-32(24-54-30-16-14-29(43)15-17-30)37(50)44-26(3)55-34(25(2)40(53)48(33)4)20-27-21-41(22-27)18-10-19-41/h25-35H,5-24,42-43H2,1-4H3,(H,44,50)(H,45,52)(H,46,49)(H,47,51)/t25-,26+,29?,30?,31+,32+,33+,34-,35+/m1/s1. The lowest BCUT2D eigenvalue weighted by Gasteiger charge is -2.55. The average molecular weight is 774 g/mol. The van der Waals surface area contributed by atoms with Gasteiger partial charge in [0.1, 0.15) is 30.4 Å². The third-order valence-electron chi connectivity index (χ3n) is 13.4. The van der Waals surface area contributed by atoms with E-state index >= 15 is 0 Å². The van der Waals surface area contributed by atoms with Gasteiger partial charge in [-0.1, -0.05) is 52.4 Å². The van der Waals surface area contributed by atoms with E-state index in [0.29, 0.717) is 30.6 Å². The van der Waals surface area contributed by atoms with Gasteiger partial charge in [0.05, 0.1) is 24.7 Å². The summed E-state index contributed by atoms with van der Waals surface area (Å²) in [6.07, 6.45) is 14.8. The van der Waals surface area contributed by atoms with E-state index < -0.39 is 66.0 Å². The Morgan fingerprint density at radius 3 is 2.04 bits per heavy atom. The highest BCUT2D eigenvalue weighted by molar-refractivity contribution is 5.96. The fraction of sp³-hybridized carbons (Fsp3) is 0.878. The van der Waals surface area contributed by atoms with Crippen LogP contribution in [0.3, 0.4) is 0 Å². The molecule has 55 heavy (non-hydrogen) atoms. The number of nitrogens with one attached hydrogen (secondary N) is 4. The molecule has 8 N–H and O–H groups in total. The fourth-order valence-electron chi connectivity index (χ4n) is 9.85. The Balaban J connectivity index is 1.43. The summed E-state index contributed by atoms with van der Waals surface area (Å²) in [5.41, 5.74) is 12.6. The van der Waals surface area contributed by atoms with Gasteiger partial charge >= 0.3 is 0 Å². The molecule has 7 atom stereocenters. The van der Waals surface area contributed by atoms with Crippen LogP contribution in [0.15, 0.2) is 0 Å². The highest BCUT2D eigenvalue weighted by atomic mass is 16.5. The van der Waals surface area contributed by atoms with Crippen LogP contribution in [0.2, 0.25) is 0 Å². The smallest absolute Gasteiger partial charge is 0.246 e. The number of ether oxygens (including phenoxy) is 2. The molecule has 5 aliphatic rings.